The number of morpholine rings is 1. The number of hydrogen-bond acceptors (Lipinski definition) is 9. The van der Waals surface area contributed by atoms with Gasteiger partial charge in [0, 0.05) is 59.8 Å². The van der Waals surface area contributed by atoms with Gasteiger partial charge in [0.05, 0.1) is 25.8 Å². The number of Topliss-reactive ketones (excluding diaryl/α,β-unsaturated/α-hetero) is 1. The van der Waals surface area contributed by atoms with Gasteiger partial charge in [0.25, 0.3) is 0 Å². The van der Waals surface area contributed by atoms with Crippen molar-refractivity contribution in [1.82, 2.24) is 19.9 Å². The number of urea groups is 1. The monoisotopic (exact) mass is 589 g/mol. The van der Waals surface area contributed by atoms with Crippen LogP contribution in [0.2, 0.25) is 0 Å². The van der Waals surface area contributed by atoms with Crippen molar-refractivity contribution in [1.29, 1.82) is 0 Å². The summed E-state index contributed by atoms with van der Waals surface area (Å²) >= 11 is 0. The van der Waals surface area contributed by atoms with E-state index in [-0.39, 0.29) is 11.8 Å². The minimum atomic E-state index is -0.372. The van der Waals surface area contributed by atoms with Crippen LogP contribution in [0.3, 0.4) is 0 Å². The molecule has 11 heteroatoms. The predicted molar refractivity (Wildman–Crippen MR) is 169 cm³/mol. The van der Waals surface area contributed by atoms with Crippen LogP contribution >= 0.6 is 0 Å². The van der Waals surface area contributed by atoms with Gasteiger partial charge in [-0.05, 0) is 66.6 Å². The summed E-state index contributed by atoms with van der Waals surface area (Å²) in [6, 6.07) is 20.6. The molecule has 1 aliphatic heterocycles. The number of nitrogens with one attached hydrogen (secondary N) is 2. The molecular weight excluding hydrogens is 558 g/mol. The molecule has 0 aliphatic carbocycles. The van der Waals surface area contributed by atoms with Gasteiger partial charge in [0.1, 0.15) is 11.6 Å². The van der Waals surface area contributed by atoms with E-state index in [1.165, 1.54) is 7.11 Å². The van der Waals surface area contributed by atoms with Gasteiger partial charge < -0.3 is 25.0 Å². The summed E-state index contributed by atoms with van der Waals surface area (Å²) in [7, 11) is 1.53. The van der Waals surface area contributed by atoms with Crippen LogP contribution < -0.4 is 20.3 Å². The van der Waals surface area contributed by atoms with E-state index in [9.17, 15) is 9.59 Å². The van der Waals surface area contributed by atoms with Gasteiger partial charge in [-0.25, -0.2) is 24.7 Å². The smallest absolute Gasteiger partial charge is 0.323 e. The third-order valence-electron chi connectivity index (χ3n) is 7.20. The van der Waals surface area contributed by atoms with Crippen LogP contribution in [0.15, 0.2) is 79.1 Å². The Hall–Kier alpha value is -5.42. The number of fused-ring (bicyclic) bond motifs is 1. The van der Waals surface area contributed by atoms with Crippen molar-refractivity contribution in [3.05, 3.63) is 84.7 Å². The molecule has 0 radical (unpaired) electrons. The zero-order valence-corrected chi connectivity index (χ0v) is 24.4. The lowest BCUT2D eigenvalue weighted by molar-refractivity contribution is -0.116. The number of nitrogens with zero attached hydrogens (tertiary/aromatic N) is 5. The maximum absolute atomic E-state index is 12.6. The third-order valence-corrected chi connectivity index (χ3v) is 7.20. The SMILES string of the molecule is COc1ncc(-c2ccc3c(N4CCOCC4)nc(-c4ccc(NC(=O)Nc5ccc(CC(C)=O)cc5)cc4)nc3c2)cn1. The first kappa shape index (κ1) is 28.7. The van der Waals surface area contributed by atoms with Crippen LogP contribution in [0, 0.1) is 0 Å². The molecule has 6 rings (SSSR count). The lowest BCUT2D eigenvalue weighted by Gasteiger charge is -2.29. The average molecular weight is 590 g/mol. The van der Waals surface area contributed by atoms with Crippen molar-refractivity contribution in [2.24, 2.45) is 0 Å². The molecule has 1 fully saturated rings. The van der Waals surface area contributed by atoms with Gasteiger partial charge in [0.15, 0.2) is 5.82 Å². The van der Waals surface area contributed by atoms with Crippen molar-refractivity contribution in [2.75, 3.05) is 48.9 Å². The summed E-state index contributed by atoms with van der Waals surface area (Å²) < 4.78 is 10.7. The molecule has 0 saturated carbocycles. The number of anilines is 3. The zero-order valence-electron chi connectivity index (χ0n) is 24.4. The summed E-state index contributed by atoms with van der Waals surface area (Å²) in [5.74, 6) is 1.51. The first-order valence-corrected chi connectivity index (χ1v) is 14.2. The molecule has 0 atom stereocenters. The number of ketones is 1. The van der Waals surface area contributed by atoms with E-state index in [0.717, 1.165) is 52.1 Å². The standard InChI is InChI=1S/C33H31N7O4/c1-21(41)17-22-3-8-26(9-4-22)36-32(42)37-27-10-5-23(6-11-27)30-38-29-18-24(25-19-34-33(43-2)35-20-25)7-12-28(29)31(39-30)40-13-15-44-16-14-40/h3-12,18-20H,13-17H2,1-2H3,(H2,36,37,42). The summed E-state index contributed by atoms with van der Waals surface area (Å²) in [6.07, 6.45) is 3.82. The minimum absolute atomic E-state index is 0.0896. The lowest BCUT2D eigenvalue weighted by Crippen LogP contribution is -2.37. The first-order valence-electron chi connectivity index (χ1n) is 14.2. The Morgan fingerprint density at radius 2 is 1.48 bits per heavy atom. The largest absolute Gasteiger partial charge is 0.467 e. The highest BCUT2D eigenvalue weighted by Gasteiger charge is 2.19. The molecule has 1 saturated heterocycles. The molecule has 222 valence electrons. The number of benzene rings is 3. The van der Waals surface area contributed by atoms with Crippen LogP contribution in [0.5, 0.6) is 6.01 Å². The van der Waals surface area contributed by atoms with Crippen molar-refractivity contribution in [2.45, 2.75) is 13.3 Å². The Labute approximate surface area is 254 Å². The van der Waals surface area contributed by atoms with Crippen molar-refractivity contribution < 1.29 is 19.1 Å². The predicted octanol–water partition coefficient (Wildman–Crippen LogP) is 5.37. The van der Waals surface area contributed by atoms with Crippen LogP contribution in [0.25, 0.3) is 33.4 Å². The molecule has 11 nitrogen and oxygen atoms in total. The van der Waals surface area contributed by atoms with E-state index >= 15 is 0 Å². The molecule has 0 unspecified atom stereocenters. The minimum Gasteiger partial charge on any atom is -0.467 e. The second-order valence-electron chi connectivity index (χ2n) is 10.4. The highest BCUT2D eigenvalue weighted by Crippen LogP contribution is 2.32. The fourth-order valence-electron chi connectivity index (χ4n) is 5.00. The average Bonchev–Trinajstić information content (AvgIpc) is 3.05. The van der Waals surface area contributed by atoms with Gasteiger partial charge in [-0.2, -0.15) is 0 Å². The number of carbonyl (C=O) groups excluding carboxylic acids is 2. The normalized spacial score (nSPS) is 13.0. The molecule has 0 bridgehead atoms. The highest BCUT2D eigenvalue weighted by molar-refractivity contribution is 6.00. The van der Waals surface area contributed by atoms with Crippen molar-refractivity contribution in [3.8, 4) is 28.5 Å². The van der Waals surface area contributed by atoms with Gasteiger partial charge in [0.2, 0.25) is 0 Å². The molecular formula is C33H31N7O4. The number of hydrogen-bond donors (Lipinski definition) is 2. The number of ether oxygens (including phenoxy) is 2. The Balaban J connectivity index is 1.24. The second-order valence-corrected chi connectivity index (χ2v) is 10.4. The Morgan fingerprint density at radius 1 is 0.841 bits per heavy atom. The third kappa shape index (κ3) is 6.63. The molecule has 1 aliphatic rings. The van der Waals surface area contributed by atoms with E-state index in [4.69, 9.17) is 19.4 Å². The quantitative estimate of drug-likeness (QED) is 0.245. The lowest BCUT2D eigenvalue weighted by atomic mass is 10.1. The van der Waals surface area contributed by atoms with E-state index in [0.29, 0.717) is 42.8 Å². The van der Waals surface area contributed by atoms with Crippen LogP contribution in [0.4, 0.5) is 22.0 Å². The number of aromatic nitrogens is 4. The maximum atomic E-state index is 12.6. The molecule has 2 aromatic heterocycles. The highest BCUT2D eigenvalue weighted by atomic mass is 16.5. The van der Waals surface area contributed by atoms with Crippen LogP contribution in [-0.2, 0) is 16.0 Å². The fourth-order valence-corrected chi connectivity index (χ4v) is 5.00. The van der Waals surface area contributed by atoms with E-state index in [1.54, 1.807) is 31.5 Å². The van der Waals surface area contributed by atoms with E-state index in [2.05, 4.69) is 25.5 Å². The molecule has 44 heavy (non-hydrogen) atoms. The molecule has 5 aromatic rings. The summed E-state index contributed by atoms with van der Waals surface area (Å²) in [4.78, 5) is 44.6. The number of methoxy groups -OCH3 is 1. The molecule has 3 heterocycles. The molecule has 0 spiro atoms. The topological polar surface area (TPSA) is 131 Å². The van der Waals surface area contributed by atoms with Gasteiger partial charge in [-0.15, -0.1) is 0 Å². The van der Waals surface area contributed by atoms with Crippen molar-refractivity contribution in [3.63, 3.8) is 0 Å². The summed E-state index contributed by atoms with van der Waals surface area (Å²) in [5.41, 5.74) is 5.53. The Bertz CT molecular complexity index is 1790. The molecule has 2 amide bonds. The maximum Gasteiger partial charge on any atom is 0.323 e. The van der Waals surface area contributed by atoms with Gasteiger partial charge in [-0.3, -0.25) is 4.79 Å². The molecule has 3 aromatic carbocycles. The van der Waals surface area contributed by atoms with E-state index in [1.807, 2.05) is 54.6 Å². The zero-order chi connectivity index (χ0) is 30.5. The van der Waals surface area contributed by atoms with Crippen LogP contribution in [0.1, 0.15) is 12.5 Å². The van der Waals surface area contributed by atoms with E-state index < -0.39 is 0 Å². The second kappa shape index (κ2) is 12.8. The summed E-state index contributed by atoms with van der Waals surface area (Å²) in [5, 5.41) is 6.61. The van der Waals surface area contributed by atoms with Gasteiger partial charge in [-0.1, -0.05) is 18.2 Å². The summed E-state index contributed by atoms with van der Waals surface area (Å²) in [6.45, 7) is 4.28. The number of rotatable bonds is 8. The Kier molecular flexibility index (Phi) is 8.37. The Morgan fingerprint density at radius 3 is 2.11 bits per heavy atom. The van der Waals surface area contributed by atoms with Crippen molar-refractivity contribution >= 4 is 39.9 Å². The molecule has 2 N–H and O–H groups in total. The van der Waals surface area contributed by atoms with Crippen LogP contribution in [-0.4, -0.2) is 65.2 Å². The first-order chi connectivity index (χ1) is 21.4. The van der Waals surface area contributed by atoms with Gasteiger partial charge >= 0.3 is 12.0 Å². The number of carbonyl (C=O) groups is 2. The number of amides is 2. The fraction of sp³-hybridized carbons (Fsp3) is 0.212.